The van der Waals surface area contributed by atoms with E-state index < -0.39 is 0 Å². The van der Waals surface area contributed by atoms with Crippen molar-refractivity contribution >= 4 is 0 Å². The van der Waals surface area contributed by atoms with Crippen LogP contribution in [0.1, 0.15) is 63.1 Å². The molecule has 2 heterocycles. The van der Waals surface area contributed by atoms with Crippen molar-refractivity contribution < 1.29 is 10.2 Å². The van der Waals surface area contributed by atoms with Gasteiger partial charge in [0, 0.05) is 37.0 Å². The molecule has 3 rings (SSSR count). The SMILES string of the molecule is O=c1cc(CN2CCCCC2CCO)n(C2CCCC2)cc1O. The molecule has 2 N–H and O–H groups in total. The van der Waals surface area contributed by atoms with E-state index in [0.29, 0.717) is 12.1 Å². The Labute approximate surface area is 137 Å². The van der Waals surface area contributed by atoms with E-state index in [-0.39, 0.29) is 17.8 Å². The lowest BCUT2D eigenvalue weighted by atomic mass is 9.99. The Hall–Kier alpha value is -1.33. The van der Waals surface area contributed by atoms with Gasteiger partial charge in [0.05, 0.1) is 6.20 Å². The standard InChI is InChI=1S/C18H28N2O3/c21-10-8-14-5-3-4-9-19(14)12-16-11-17(22)18(23)13-20(16)15-6-1-2-7-15/h11,13-15,21,23H,1-10,12H2. The summed E-state index contributed by atoms with van der Waals surface area (Å²) in [5, 5.41) is 19.1. The van der Waals surface area contributed by atoms with E-state index in [1.165, 1.54) is 25.7 Å². The summed E-state index contributed by atoms with van der Waals surface area (Å²) in [5.74, 6) is -0.147. The van der Waals surface area contributed by atoms with Gasteiger partial charge in [-0.15, -0.1) is 0 Å². The molecule has 5 heteroatoms. The van der Waals surface area contributed by atoms with Gasteiger partial charge in [-0.3, -0.25) is 9.69 Å². The number of piperidine rings is 1. The number of hydrogen-bond donors (Lipinski definition) is 2. The van der Waals surface area contributed by atoms with Crippen LogP contribution >= 0.6 is 0 Å². The molecule has 1 aliphatic heterocycles. The lowest BCUT2D eigenvalue weighted by Gasteiger charge is -2.36. The normalized spacial score (nSPS) is 23.4. The highest BCUT2D eigenvalue weighted by atomic mass is 16.3. The van der Waals surface area contributed by atoms with Crippen LogP contribution in [-0.2, 0) is 6.54 Å². The second-order valence-corrected chi connectivity index (χ2v) is 6.99. The predicted molar refractivity (Wildman–Crippen MR) is 89.6 cm³/mol. The average molecular weight is 320 g/mol. The third kappa shape index (κ3) is 3.78. The number of nitrogens with zero attached hydrogens (tertiary/aromatic N) is 2. The molecule has 2 fully saturated rings. The van der Waals surface area contributed by atoms with Gasteiger partial charge in [0.15, 0.2) is 5.75 Å². The summed E-state index contributed by atoms with van der Waals surface area (Å²) in [7, 11) is 0. The maximum atomic E-state index is 11.9. The zero-order valence-corrected chi connectivity index (χ0v) is 13.8. The van der Waals surface area contributed by atoms with Gasteiger partial charge in [-0.25, -0.2) is 0 Å². The fraction of sp³-hybridized carbons (Fsp3) is 0.722. The van der Waals surface area contributed by atoms with Crippen LogP contribution in [0, 0.1) is 0 Å². The largest absolute Gasteiger partial charge is 0.503 e. The number of aromatic hydroxyl groups is 1. The van der Waals surface area contributed by atoms with Crippen LogP contribution in [-0.4, -0.2) is 38.9 Å². The molecule has 0 bridgehead atoms. The van der Waals surface area contributed by atoms with E-state index in [0.717, 1.165) is 44.5 Å². The summed E-state index contributed by atoms with van der Waals surface area (Å²) in [4.78, 5) is 14.3. The van der Waals surface area contributed by atoms with Gasteiger partial charge < -0.3 is 14.8 Å². The van der Waals surface area contributed by atoms with Gasteiger partial charge in [-0.1, -0.05) is 19.3 Å². The van der Waals surface area contributed by atoms with Crippen molar-refractivity contribution in [3.63, 3.8) is 0 Å². The zero-order chi connectivity index (χ0) is 16.2. The third-order valence-corrected chi connectivity index (χ3v) is 5.44. The van der Waals surface area contributed by atoms with Crippen molar-refractivity contribution in [3.05, 3.63) is 28.2 Å². The molecule has 23 heavy (non-hydrogen) atoms. The molecular formula is C18H28N2O3. The molecule has 1 saturated carbocycles. The van der Waals surface area contributed by atoms with Crippen molar-refractivity contribution in [2.75, 3.05) is 13.2 Å². The first kappa shape index (κ1) is 16.5. The summed E-state index contributed by atoms with van der Waals surface area (Å²) in [6, 6.07) is 2.41. The van der Waals surface area contributed by atoms with E-state index in [1.54, 1.807) is 12.3 Å². The molecule has 128 valence electrons. The number of hydrogen-bond acceptors (Lipinski definition) is 4. The monoisotopic (exact) mass is 320 g/mol. The van der Waals surface area contributed by atoms with E-state index in [4.69, 9.17) is 0 Å². The number of aliphatic hydroxyl groups is 1. The van der Waals surface area contributed by atoms with Crippen LogP contribution in [0.4, 0.5) is 0 Å². The van der Waals surface area contributed by atoms with Crippen LogP contribution in [0.2, 0.25) is 0 Å². The van der Waals surface area contributed by atoms with Crippen LogP contribution in [0.5, 0.6) is 5.75 Å². The van der Waals surface area contributed by atoms with Crippen LogP contribution in [0.15, 0.2) is 17.1 Å². The smallest absolute Gasteiger partial charge is 0.223 e. The average Bonchev–Trinajstić information content (AvgIpc) is 3.07. The van der Waals surface area contributed by atoms with Crippen molar-refractivity contribution in [1.29, 1.82) is 0 Å². The van der Waals surface area contributed by atoms with Crippen LogP contribution in [0.25, 0.3) is 0 Å². The quantitative estimate of drug-likeness (QED) is 0.874. The first-order valence-corrected chi connectivity index (χ1v) is 8.98. The minimum absolute atomic E-state index is 0.147. The molecule has 1 aliphatic carbocycles. The highest BCUT2D eigenvalue weighted by Gasteiger charge is 2.25. The van der Waals surface area contributed by atoms with Gasteiger partial charge in [-0.2, -0.15) is 0 Å². The molecule has 0 spiro atoms. The molecule has 1 unspecified atom stereocenters. The zero-order valence-electron chi connectivity index (χ0n) is 13.8. The number of aromatic nitrogens is 1. The van der Waals surface area contributed by atoms with Crippen LogP contribution < -0.4 is 5.43 Å². The molecule has 1 atom stereocenters. The topological polar surface area (TPSA) is 65.7 Å². The number of likely N-dealkylation sites (tertiary alicyclic amines) is 1. The molecule has 0 radical (unpaired) electrons. The summed E-state index contributed by atoms with van der Waals surface area (Å²) in [6.07, 6.45) is 10.6. The Morgan fingerprint density at radius 3 is 2.61 bits per heavy atom. The molecule has 0 amide bonds. The third-order valence-electron chi connectivity index (χ3n) is 5.44. The van der Waals surface area contributed by atoms with E-state index >= 15 is 0 Å². The van der Waals surface area contributed by atoms with Crippen molar-refractivity contribution in [1.82, 2.24) is 9.47 Å². The van der Waals surface area contributed by atoms with Crippen molar-refractivity contribution in [2.24, 2.45) is 0 Å². The van der Waals surface area contributed by atoms with E-state index in [2.05, 4.69) is 9.47 Å². The molecule has 5 nitrogen and oxygen atoms in total. The lowest BCUT2D eigenvalue weighted by Crippen LogP contribution is -2.40. The summed E-state index contributed by atoms with van der Waals surface area (Å²) < 4.78 is 2.13. The van der Waals surface area contributed by atoms with E-state index in [9.17, 15) is 15.0 Å². The van der Waals surface area contributed by atoms with Gasteiger partial charge in [0.25, 0.3) is 0 Å². The van der Waals surface area contributed by atoms with Gasteiger partial charge in [0.1, 0.15) is 0 Å². The minimum atomic E-state index is -0.287. The maximum absolute atomic E-state index is 11.9. The van der Waals surface area contributed by atoms with E-state index in [1.807, 2.05) is 0 Å². The Kier molecular flexibility index (Phi) is 5.38. The molecule has 1 aromatic rings. The minimum Gasteiger partial charge on any atom is -0.503 e. The summed E-state index contributed by atoms with van der Waals surface area (Å²) in [5.41, 5.74) is 0.717. The Balaban J connectivity index is 1.85. The first-order valence-electron chi connectivity index (χ1n) is 8.98. The van der Waals surface area contributed by atoms with Crippen molar-refractivity contribution in [3.8, 4) is 5.75 Å². The Morgan fingerprint density at radius 2 is 1.87 bits per heavy atom. The summed E-state index contributed by atoms with van der Waals surface area (Å²) >= 11 is 0. The molecular weight excluding hydrogens is 292 g/mol. The first-order chi connectivity index (χ1) is 11.2. The predicted octanol–water partition coefficient (Wildman–Crippen LogP) is 2.41. The molecule has 1 aromatic heterocycles. The lowest BCUT2D eigenvalue weighted by molar-refractivity contribution is 0.109. The Morgan fingerprint density at radius 1 is 1.13 bits per heavy atom. The number of aliphatic hydroxyl groups excluding tert-OH is 1. The van der Waals surface area contributed by atoms with Gasteiger partial charge in [0.2, 0.25) is 5.43 Å². The fourth-order valence-electron chi connectivity index (χ4n) is 4.18. The molecule has 2 aliphatic rings. The maximum Gasteiger partial charge on any atom is 0.223 e. The van der Waals surface area contributed by atoms with Crippen molar-refractivity contribution in [2.45, 2.75) is 70.0 Å². The van der Waals surface area contributed by atoms with Crippen LogP contribution in [0.3, 0.4) is 0 Å². The highest BCUT2D eigenvalue weighted by Crippen LogP contribution is 2.32. The van der Waals surface area contributed by atoms with Gasteiger partial charge >= 0.3 is 0 Å². The Bertz CT molecular complexity index is 576. The van der Waals surface area contributed by atoms with Gasteiger partial charge in [-0.05, 0) is 38.6 Å². The second-order valence-electron chi connectivity index (χ2n) is 6.99. The summed E-state index contributed by atoms with van der Waals surface area (Å²) in [6.45, 7) is 1.97. The second kappa shape index (κ2) is 7.49. The fourth-order valence-corrected chi connectivity index (χ4v) is 4.18. The number of rotatable bonds is 5. The highest BCUT2D eigenvalue weighted by molar-refractivity contribution is 5.21. The number of pyridine rings is 1. The molecule has 0 aromatic carbocycles. The molecule has 1 saturated heterocycles.